The number of nitrogens with zero attached hydrogens (tertiary/aromatic N) is 6. The van der Waals surface area contributed by atoms with Crippen LogP contribution in [0.1, 0.15) is 17.3 Å². The lowest BCUT2D eigenvalue weighted by Crippen LogP contribution is -2.54. The number of benzene rings is 3. The van der Waals surface area contributed by atoms with Gasteiger partial charge in [-0.25, -0.2) is 13.8 Å². The van der Waals surface area contributed by atoms with Gasteiger partial charge in [-0.05, 0) is 43.3 Å². The number of hydrogen-bond acceptors (Lipinski definition) is 6. The third-order valence-corrected chi connectivity index (χ3v) is 6.83. The van der Waals surface area contributed by atoms with Crippen LogP contribution in [0.2, 0.25) is 0 Å². The van der Waals surface area contributed by atoms with Gasteiger partial charge in [-0.3, -0.25) is 4.79 Å². The van der Waals surface area contributed by atoms with E-state index in [1.165, 1.54) is 12.1 Å². The van der Waals surface area contributed by atoms with E-state index in [1.807, 2.05) is 59.9 Å². The van der Waals surface area contributed by atoms with Gasteiger partial charge in [0.05, 0.1) is 18.2 Å². The molecule has 8 nitrogen and oxygen atoms in total. The first kappa shape index (κ1) is 22.9. The highest BCUT2D eigenvalue weighted by atomic mass is 19.1. The Hall–Kier alpha value is -4.53. The van der Waals surface area contributed by atoms with Gasteiger partial charge in [-0.1, -0.05) is 36.4 Å². The van der Waals surface area contributed by atoms with Gasteiger partial charge < -0.3 is 14.5 Å². The third-order valence-electron chi connectivity index (χ3n) is 6.83. The molecule has 0 radical (unpaired) electrons. The van der Waals surface area contributed by atoms with Crippen molar-refractivity contribution in [3.63, 3.8) is 0 Å². The lowest BCUT2D eigenvalue weighted by atomic mass is 10.1. The molecule has 1 saturated heterocycles. The molecule has 9 heteroatoms. The maximum Gasteiger partial charge on any atom is 0.257 e. The molecule has 0 unspecified atom stereocenters. The number of rotatable bonds is 4. The molecule has 0 spiro atoms. The number of hydrogen-bond donors (Lipinski definition) is 0. The third kappa shape index (κ3) is 3.92. The number of para-hydroxylation sites is 1. The maximum atomic E-state index is 14.3. The number of ether oxygens (including phenoxy) is 1. The molecule has 5 aromatic rings. The Kier molecular flexibility index (Phi) is 5.67. The number of aromatic nitrogens is 4. The van der Waals surface area contributed by atoms with Gasteiger partial charge >= 0.3 is 0 Å². The van der Waals surface area contributed by atoms with Gasteiger partial charge in [0.15, 0.2) is 11.5 Å². The van der Waals surface area contributed by atoms with E-state index in [4.69, 9.17) is 9.72 Å². The van der Waals surface area contributed by atoms with Crippen LogP contribution in [0.25, 0.3) is 27.9 Å². The largest absolute Gasteiger partial charge is 0.497 e. The second-order valence-electron chi connectivity index (χ2n) is 9.12. The molecule has 1 aliphatic heterocycles. The summed E-state index contributed by atoms with van der Waals surface area (Å²) in [6, 6.07) is 21.5. The molecule has 0 saturated carbocycles. The van der Waals surface area contributed by atoms with Crippen LogP contribution in [0.3, 0.4) is 0 Å². The number of methoxy groups -OCH3 is 1. The molecule has 6 rings (SSSR count). The summed E-state index contributed by atoms with van der Waals surface area (Å²) in [5, 5.41) is 9.99. The summed E-state index contributed by atoms with van der Waals surface area (Å²) in [4.78, 5) is 22.0. The Morgan fingerprint density at radius 2 is 1.81 bits per heavy atom. The number of piperazine rings is 1. The molecule has 1 amide bonds. The van der Waals surface area contributed by atoms with Crippen molar-refractivity contribution < 1.29 is 13.9 Å². The predicted molar refractivity (Wildman–Crippen MR) is 139 cm³/mol. The van der Waals surface area contributed by atoms with Crippen LogP contribution in [0.4, 0.5) is 10.3 Å². The van der Waals surface area contributed by atoms with Crippen molar-refractivity contribution in [2.45, 2.75) is 13.0 Å². The minimum absolute atomic E-state index is 0.0909. The molecular formula is C28H25FN6O2. The van der Waals surface area contributed by atoms with Crippen molar-refractivity contribution in [1.29, 1.82) is 0 Å². The predicted octanol–water partition coefficient (Wildman–Crippen LogP) is 4.44. The second-order valence-corrected chi connectivity index (χ2v) is 9.12. The van der Waals surface area contributed by atoms with E-state index >= 15 is 0 Å². The first-order valence-corrected chi connectivity index (χ1v) is 12.1. The van der Waals surface area contributed by atoms with E-state index in [9.17, 15) is 9.18 Å². The summed E-state index contributed by atoms with van der Waals surface area (Å²) in [7, 11) is 1.63. The molecule has 0 N–H and O–H groups in total. The van der Waals surface area contributed by atoms with Crippen LogP contribution in [0, 0.1) is 5.82 Å². The lowest BCUT2D eigenvalue weighted by molar-refractivity contribution is 0.0668. The average Bonchev–Trinajstić information content (AvgIpc) is 3.38. The number of carbonyl (C=O) groups is 1. The summed E-state index contributed by atoms with van der Waals surface area (Å²) in [6.07, 6.45) is 0. The molecule has 0 bridgehead atoms. The Morgan fingerprint density at radius 3 is 2.62 bits per heavy atom. The molecule has 3 aromatic carbocycles. The van der Waals surface area contributed by atoms with Gasteiger partial charge in [0.1, 0.15) is 11.6 Å². The van der Waals surface area contributed by atoms with Crippen LogP contribution in [-0.4, -0.2) is 63.2 Å². The zero-order valence-corrected chi connectivity index (χ0v) is 20.5. The van der Waals surface area contributed by atoms with Crippen molar-refractivity contribution in [2.75, 3.05) is 31.6 Å². The van der Waals surface area contributed by atoms with Gasteiger partial charge in [0, 0.05) is 36.6 Å². The van der Waals surface area contributed by atoms with Crippen LogP contribution >= 0.6 is 0 Å². The maximum absolute atomic E-state index is 14.3. The number of amides is 1. The highest BCUT2D eigenvalue weighted by molar-refractivity contribution is 5.95. The molecule has 186 valence electrons. The fourth-order valence-corrected chi connectivity index (χ4v) is 4.96. The van der Waals surface area contributed by atoms with Crippen LogP contribution in [-0.2, 0) is 0 Å². The number of carbonyl (C=O) groups excluding carboxylic acids is 1. The van der Waals surface area contributed by atoms with Crippen LogP contribution in [0.15, 0.2) is 72.8 Å². The fraction of sp³-hybridized carbons (Fsp3) is 0.214. The van der Waals surface area contributed by atoms with Crippen molar-refractivity contribution >= 4 is 28.4 Å². The molecule has 3 heterocycles. The van der Waals surface area contributed by atoms with Gasteiger partial charge in [-0.15, -0.1) is 10.2 Å². The Balaban J connectivity index is 1.42. The lowest BCUT2D eigenvalue weighted by Gasteiger charge is -2.40. The van der Waals surface area contributed by atoms with E-state index in [2.05, 4.69) is 15.1 Å². The molecule has 1 fully saturated rings. The Bertz CT molecular complexity index is 1630. The number of halogens is 1. The quantitative estimate of drug-likeness (QED) is 0.366. The molecule has 37 heavy (non-hydrogen) atoms. The van der Waals surface area contributed by atoms with Crippen molar-refractivity contribution in [1.82, 2.24) is 24.5 Å². The normalized spacial score (nSPS) is 15.9. The smallest absolute Gasteiger partial charge is 0.257 e. The first-order chi connectivity index (χ1) is 18.0. The van der Waals surface area contributed by atoms with E-state index in [-0.39, 0.29) is 17.5 Å². The van der Waals surface area contributed by atoms with Crippen molar-refractivity contribution in [3.8, 4) is 17.1 Å². The molecule has 0 aliphatic carbocycles. The summed E-state index contributed by atoms with van der Waals surface area (Å²) in [5.74, 6) is 1.26. The number of fused-ring (bicyclic) bond motifs is 3. The fourth-order valence-electron chi connectivity index (χ4n) is 4.96. The topological polar surface area (TPSA) is 75.9 Å². The van der Waals surface area contributed by atoms with E-state index in [1.54, 1.807) is 24.1 Å². The Labute approximate surface area is 212 Å². The minimum Gasteiger partial charge on any atom is -0.497 e. The van der Waals surface area contributed by atoms with Gasteiger partial charge in [0.2, 0.25) is 5.95 Å². The second kappa shape index (κ2) is 9.16. The number of anilines is 1. The van der Waals surface area contributed by atoms with E-state index < -0.39 is 5.82 Å². The van der Waals surface area contributed by atoms with Crippen LogP contribution in [0.5, 0.6) is 5.75 Å². The summed E-state index contributed by atoms with van der Waals surface area (Å²) in [5.41, 5.74) is 2.46. The van der Waals surface area contributed by atoms with Gasteiger partial charge in [0.25, 0.3) is 5.91 Å². The van der Waals surface area contributed by atoms with Crippen molar-refractivity contribution in [2.24, 2.45) is 0 Å². The van der Waals surface area contributed by atoms with Crippen LogP contribution < -0.4 is 9.64 Å². The van der Waals surface area contributed by atoms with E-state index in [0.29, 0.717) is 37.1 Å². The monoisotopic (exact) mass is 496 g/mol. The summed E-state index contributed by atoms with van der Waals surface area (Å²) >= 11 is 0. The first-order valence-electron chi connectivity index (χ1n) is 12.1. The minimum atomic E-state index is -0.507. The summed E-state index contributed by atoms with van der Waals surface area (Å²) in [6.45, 7) is 3.45. The average molecular weight is 497 g/mol. The van der Waals surface area contributed by atoms with Crippen molar-refractivity contribution in [3.05, 3.63) is 84.2 Å². The SMILES string of the molecule is COc1cccc(-c2nnc3c4ccccc4nc(N4CCN(C(=O)c5ccccc5F)[C@@H](C)C4)n23)c1. The van der Waals surface area contributed by atoms with Gasteiger partial charge in [-0.2, -0.15) is 0 Å². The zero-order valence-electron chi connectivity index (χ0n) is 20.5. The Morgan fingerprint density at radius 1 is 1.00 bits per heavy atom. The highest BCUT2D eigenvalue weighted by Crippen LogP contribution is 2.31. The molecule has 2 aromatic heterocycles. The van der Waals surface area contributed by atoms with E-state index in [0.717, 1.165) is 22.2 Å². The summed E-state index contributed by atoms with van der Waals surface area (Å²) < 4.78 is 21.7. The molecular weight excluding hydrogens is 471 g/mol. The standard InChI is InChI=1S/C28H25FN6O2/c1-18-17-33(14-15-34(18)27(36)21-10-3-5-12-23(21)29)28-30-24-13-6-4-11-22(24)26-32-31-25(35(26)28)19-8-7-9-20(16-19)37-2/h3-13,16,18H,14-15,17H2,1-2H3/t18-/m0/s1. The zero-order chi connectivity index (χ0) is 25.5. The molecule has 1 atom stereocenters. The highest BCUT2D eigenvalue weighted by Gasteiger charge is 2.31. The molecule has 1 aliphatic rings.